The molecule has 1 N–H and O–H groups in total. The van der Waals surface area contributed by atoms with E-state index in [1.54, 1.807) is 7.11 Å². The van der Waals surface area contributed by atoms with Gasteiger partial charge in [-0.3, -0.25) is 0 Å². The molecule has 0 saturated heterocycles. The summed E-state index contributed by atoms with van der Waals surface area (Å²) in [5, 5.41) is 13.4. The van der Waals surface area contributed by atoms with Crippen LogP contribution in [0.25, 0.3) is 0 Å². The number of hydrogen-bond acceptors (Lipinski definition) is 2. The van der Waals surface area contributed by atoms with Crippen molar-refractivity contribution < 1.29 is 9.84 Å². The minimum Gasteiger partial charge on any atom is -0.377 e. The SMILES string of the molecule is CO[C@H](c1ccccc1)[C@H](O)C#C[Si](c1ccccc1)(c1ccccc1)C(C)(C)C. The lowest BCUT2D eigenvalue weighted by Crippen LogP contribution is -2.63. The van der Waals surface area contributed by atoms with Crippen LogP contribution >= 0.6 is 0 Å². The van der Waals surface area contributed by atoms with Crippen LogP contribution in [0.3, 0.4) is 0 Å². The van der Waals surface area contributed by atoms with Crippen molar-refractivity contribution in [2.24, 2.45) is 0 Å². The fraction of sp³-hybridized carbons (Fsp3) is 0.259. The van der Waals surface area contributed by atoms with Gasteiger partial charge in [0.1, 0.15) is 12.2 Å². The minimum atomic E-state index is -2.55. The molecule has 0 saturated carbocycles. The molecule has 3 heteroatoms. The summed E-state index contributed by atoms with van der Waals surface area (Å²) in [6.07, 6.45) is -1.41. The molecule has 0 amide bonds. The highest BCUT2D eigenvalue weighted by Gasteiger charge is 2.47. The number of aliphatic hydroxyl groups excluding tert-OH is 1. The van der Waals surface area contributed by atoms with E-state index in [-0.39, 0.29) is 5.04 Å². The summed E-state index contributed by atoms with van der Waals surface area (Å²) in [6, 6.07) is 30.9. The number of methoxy groups -OCH3 is 1. The predicted molar refractivity (Wildman–Crippen MR) is 128 cm³/mol. The zero-order valence-electron chi connectivity index (χ0n) is 18.2. The third kappa shape index (κ3) is 4.42. The van der Waals surface area contributed by atoms with Gasteiger partial charge in [0.25, 0.3) is 0 Å². The first kappa shape index (κ1) is 22.1. The third-order valence-electron chi connectivity index (χ3n) is 5.61. The molecule has 3 aromatic rings. The van der Waals surface area contributed by atoms with Gasteiger partial charge in [0.2, 0.25) is 8.07 Å². The van der Waals surface area contributed by atoms with Crippen molar-refractivity contribution >= 4 is 18.4 Å². The zero-order chi connectivity index (χ0) is 21.6. The highest BCUT2D eigenvalue weighted by Crippen LogP contribution is 2.35. The van der Waals surface area contributed by atoms with Gasteiger partial charge < -0.3 is 9.84 Å². The Morgan fingerprint density at radius 2 is 1.20 bits per heavy atom. The molecule has 0 aromatic heterocycles. The van der Waals surface area contributed by atoms with Crippen molar-refractivity contribution in [1.29, 1.82) is 0 Å². The maximum Gasteiger partial charge on any atom is 0.204 e. The molecule has 0 unspecified atom stereocenters. The standard InChI is InChI=1S/C27H30O2Si/c1-27(2,3)30(23-16-10-6-11-17-23,24-18-12-7-13-19-24)21-20-25(28)26(29-4)22-14-8-5-9-15-22/h5-19,25-26,28H,1-4H3/t25-,26-/m1/s1. The van der Waals surface area contributed by atoms with Crippen molar-refractivity contribution in [3.8, 4) is 11.5 Å². The third-order valence-corrected chi connectivity index (χ3v) is 10.8. The summed E-state index contributed by atoms with van der Waals surface area (Å²) in [7, 11) is -0.932. The van der Waals surface area contributed by atoms with Crippen molar-refractivity contribution in [2.75, 3.05) is 7.11 Å². The van der Waals surface area contributed by atoms with Crippen LogP contribution in [0.2, 0.25) is 5.04 Å². The number of benzene rings is 3. The van der Waals surface area contributed by atoms with Crippen LogP contribution in [0.1, 0.15) is 32.4 Å². The van der Waals surface area contributed by atoms with Gasteiger partial charge in [0.05, 0.1) is 0 Å². The molecule has 0 aliphatic heterocycles. The average Bonchev–Trinajstić information content (AvgIpc) is 2.76. The normalized spacial score (nSPS) is 13.8. The van der Waals surface area contributed by atoms with Crippen LogP contribution in [-0.4, -0.2) is 26.4 Å². The van der Waals surface area contributed by atoms with E-state index >= 15 is 0 Å². The zero-order valence-corrected chi connectivity index (χ0v) is 19.2. The number of rotatable bonds is 5. The highest BCUT2D eigenvalue weighted by atomic mass is 28.3. The van der Waals surface area contributed by atoms with Gasteiger partial charge in [0.15, 0.2) is 0 Å². The Bertz CT molecular complexity index is 944. The van der Waals surface area contributed by atoms with Crippen molar-refractivity contribution in [2.45, 2.75) is 38.0 Å². The van der Waals surface area contributed by atoms with Crippen molar-refractivity contribution in [3.05, 3.63) is 96.6 Å². The first-order valence-corrected chi connectivity index (χ1v) is 12.3. The Kier molecular flexibility index (Phi) is 6.94. The van der Waals surface area contributed by atoms with Crippen LogP contribution in [0.15, 0.2) is 91.0 Å². The molecule has 0 spiro atoms. The Hall–Kier alpha value is -2.64. The average molecular weight is 415 g/mol. The Balaban J connectivity index is 2.15. The molecule has 0 aliphatic carbocycles. The van der Waals surface area contributed by atoms with E-state index < -0.39 is 20.3 Å². The number of hydrogen-bond donors (Lipinski definition) is 1. The summed E-state index contributed by atoms with van der Waals surface area (Å²) in [5.74, 6) is 3.22. The summed E-state index contributed by atoms with van der Waals surface area (Å²) in [5.41, 5.74) is 4.57. The van der Waals surface area contributed by atoms with E-state index in [1.165, 1.54) is 10.4 Å². The number of ether oxygens (including phenoxy) is 1. The summed E-state index contributed by atoms with van der Waals surface area (Å²) in [4.78, 5) is 0. The van der Waals surface area contributed by atoms with E-state index in [2.05, 4.69) is 80.8 Å². The predicted octanol–water partition coefficient (Wildman–Crippen LogP) is 4.34. The second-order valence-corrected chi connectivity index (χ2v) is 12.9. The van der Waals surface area contributed by atoms with Gasteiger partial charge in [0, 0.05) is 7.11 Å². The van der Waals surface area contributed by atoms with E-state index in [9.17, 15) is 5.11 Å². The first-order chi connectivity index (χ1) is 14.4. The second-order valence-electron chi connectivity index (χ2n) is 8.51. The van der Waals surface area contributed by atoms with Crippen molar-refractivity contribution in [3.63, 3.8) is 0 Å². The van der Waals surface area contributed by atoms with Gasteiger partial charge >= 0.3 is 0 Å². The fourth-order valence-corrected chi connectivity index (χ4v) is 8.57. The Labute approximate surface area is 181 Å². The van der Waals surface area contributed by atoms with Gasteiger partial charge in [-0.1, -0.05) is 118 Å². The van der Waals surface area contributed by atoms with E-state index in [0.29, 0.717) is 0 Å². The molecule has 3 rings (SSSR count). The van der Waals surface area contributed by atoms with Gasteiger partial charge in [-0.2, -0.15) is 0 Å². The lowest BCUT2D eigenvalue weighted by molar-refractivity contribution is 0.0155. The maximum absolute atomic E-state index is 11.0. The number of aliphatic hydroxyl groups is 1. The Morgan fingerprint density at radius 3 is 1.60 bits per heavy atom. The lowest BCUT2D eigenvalue weighted by Gasteiger charge is -2.39. The maximum atomic E-state index is 11.0. The molecular weight excluding hydrogens is 384 g/mol. The van der Waals surface area contributed by atoms with Crippen LogP contribution in [-0.2, 0) is 4.74 Å². The molecule has 0 fully saturated rings. The smallest absolute Gasteiger partial charge is 0.204 e. The molecule has 154 valence electrons. The molecule has 0 aliphatic rings. The molecular formula is C27H30O2Si. The van der Waals surface area contributed by atoms with Gasteiger partial charge in [-0.25, -0.2) is 0 Å². The van der Waals surface area contributed by atoms with Crippen LogP contribution in [0.4, 0.5) is 0 Å². The largest absolute Gasteiger partial charge is 0.377 e. The van der Waals surface area contributed by atoms with Gasteiger partial charge in [-0.15, -0.1) is 5.54 Å². The van der Waals surface area contributed by atoms with E-state index in [0.717, 1.165) is 5.56 Å². The first-order valence-electron chi connectivity index (χ1n) is 10.3. The minimum absolute atomic E-state index is 0.0856. The van der Waals surface area contributed by atoms with E-state index in [1.807, 2.05) is 42.5 Å². The highest BCUT2D eigenvalue weighted by molar-refractivity contribution is 7.10. The van der Waals surface area contributed by atoms with Crippen molar-refractivity contribution in [1.82, 2.24) is 0 Å². The molecule has 3 aromatic carbocycles. The van der Waals surface area contributed by atoms with E-state index in [4.69, 9.17) is 4.74 Å². The quantitative estimate of drug-likeness (QED) is 0.497. The van der Waals surface area contributed by atoms with Crippen LogP contribution in [0.5, 0.6) is 0 Å². The lowest BCUT2D eigenvalue weighted by atomic mass is 10.1. The topological polar surface area (TPSA) is 29.5 Å². The Morgan fingerprint density at radius 1 is 0.767 bits per heavy atom. The summed E-state index contributed by atoms with van der Waals surface area (Å²) in [6.45, 7) is 6.77. The van der Waals surface area contributed by atoms with Crippen LogP contribution < -0.4 is 10.4 Å². The summed E-state index contributed by atoms with van der Waals surface area (Å²) < 4.78 is 5.62. The van der Waals surface area contributed by atoms with Crippen LogP contribution in [0, 0.1) is 11.5 Å². The molecule has 0 heterocycles. The molecule has 30 heavy (non-hydrogen) atoms. The molecule has 2 nitrogen and oxygen atoms in total. The summed E-state index contributed by atoms with van der Waals surface area (Å²) >= 11 is 0. The molecule has 0 radical (unpaired) electrons. The second kappa shape index (κ2) is 9.45. The molecule has 0 bridgehead atoms. The van der Waals surface area contributed by atoms with Gasteiger partial charge in [-0.05, 0) is 21.0 Å². The fourth-order valence-electron chi connectivity index (χ4n) is 4.09. The molecule has 2 atom stereocenters. The monoisotopic (exact) mass is 414 g/mol.